The SMILES string of the molecule is CCC(CC)C1CCN(c2ccc3n[nH]c(=O)n3n2)C1. The molecule has 1 aliphatic heterocycles. The molecule has 1 saturated heterocycles. The molecule has 2 aromatic heterocycles. The van der Waals surface area contributed by atoms with Crippen molar-refractivity contribution in [3.63, 3.8) is 0 Å². The van der Waals surface area contributed by atoms with Gasteiger partial charge in [-0.15, -0.1) is 5.10 Å². The van der Waals surface area contributed by atoms with E-state index in [1.165, 1.54) is 23.8 Å². The van der Waals surface area contributed by atoms with Crippen molar-refractivity contribution in [3.8, 4) is 0 Å². The van der Waals surface area contributed by atoms with Gasteiger partial charge in [-0.3, -0.25) is 0 Å². The summed E-state index contributed by atoms with van der Waals surface area (Å²) >= 11 is 0. The molecule has 6 nitrogen and oxygen atoms in total. The number of aromatic nitrogens is 4. The van der Waals surface area contributed by atoms with Crippen LogP contribution in [0.4, 0.5) is 5.82 Å². The van der Waals surface area contributed by atoms with E-state index in [0.29, 0.717) is 5.65 Å². The van der Waals surface area contributed by atoms with E-state index < -0.39 is 0 Å². The molecule has 0 saturated carbocycles. The summed E-state index contributed by atoms with van der Waals surface area (Å²) in [6, 6.07) is 3.79. The van der Waals surface area contributed by atoms with Gasteiger partial charge in [-0.1, -0.05) is 26.7 Å². The van der Waals surface area contributed by atoms with Gasteiger partial charge in [0, 0.05) is 13.1 Å². The van der Waals surface area contributed by atoms with E-state index in [0.717, 1.165) is 30.7 Å². The van der Waals surface area contributed by atoms with Gasteiger partial charge in [0.2, 0.25) is 0 Å². The van der Waals surface area contributed by atoms with Crippen LogP contribution in [0, 0.1) is 11.8 Å². The van der Waals surface area contributed by atoms with E-state index in [1.807, 2.05) is 12.1 Å². The van der Waals surface area contributed by atoms with E-state index in [2.05, 4.69) is 34.0 Å². The Morgan fingerprint density at radius 1 is 1.40 bits per heavy atom. The minimum absolute atomic E-state index is 0.280. The van der Waals surface area contributed by atoms with Gasteiger partial charge in [-0.2, -0.15) is 9.61 Å². The molecule has 0 amide bonds. The molecule has 1 aliphatic rings. The lowest BCUT2D eigenvalue weighted by Gasteiger charge is -2.21. The molecule has 3 rings (SSSR count). The first-order chi connectivity index (χ1) is 9.72. The van der Waals surface area contributed by atoms with Crippen molar-refractivity contribution in [2.75, 3.05) is 18.0 Å². The number of H-pyrrole nitrogens is 1. The quantitative estimate of drug-likeness (QED) is 0.922. The topological polar surface area (TPSA) is 66.3 Å². The first kappa shape index (κ1) is 13.1. The highest BCUT2D eigenvalue weighted by atomic mass is 16.2. The van der Waals surface area contributed by atoms with Crippen molar-refractivity contribution in [2.24, 2.45) is 11.8 Å². The molecule has 108 valence electrons. The predicted molar refractivity (Wildman–Crippen MR) is 78.0 cm³/mol. The third kappa shape index (κ3) is 2.19. The number of rotatable bonds is 4. The molecule has 1 fully saturated rings. The van der Waals surface area contributed by atoms with E-state index in [1.54, 1.807) is 0 Å². The van der Waals surface area contributed by atoms with Crippen LogP contribution in [0.5, 0.6) is 0 Å². The highest BCUT2D eigenvalue weighted by Crippen LogP contribution is 2.30. The lowest BCUT2D eigenvalue weighted by molar-refractivity contribution is 0.339. The molecule has 1 unspecified atom stereocenters. The Morgan fingerprint density at radius 3 is 2.95 bits per heavy atom. The van der Waals surface area contributed by atoms with Crippen molar-refractivity contribution in [1.29, 1.82) is 0 Å². The van der Waals surface area contributed by atoms with Crippen molar-refractivity contribution >= 4 is 11.5 Å². The average molecular weight is 275 g/mol. The average Bonchev–Trinajstić information content (AvgIpc) is 3.08. The molecule has 1 N–H and O–H groups in total. The molecular formula is C14H21N5O. The molecule has 0 aromatic carbocycles. The second-order valence-electron chi connectivity index (χ2n) is 5.56. The van der Waals surface area contributed by atoms with Gasteiger partial charge < -0.3 is 4.90 Å². The summed E-state index contributed by atoms with van der Waals surface area (Å²) < 4.78 is 1.33. The first-order valence-corrected chi connectivity index (χ1v) is 7.42. The third-order valence-corrected chi connectivity index (χ3v) is 4.52. The number of fused-ring (bicyclic) bond motifs is 1. The predicted octanol–water partition coefficient (Wildman–Crippen LogP) is 1.68. The van der Waals surface area contributed by atoms with Gasteiger partial charge in [-0.25, -0.2) is 9.89 Å². The molecule has 0 bridgehead atoms. The minimum Gasteiger partial charge on any atom is -0.355 e. The highest BCUT2D eigenvalue weighted by Gasteiger charge is 2.28. The van der Waals surface area contributed by atoms with Gasteiger partial charge in [0.05, 0.1) is 0 Å². The number of nitrogens with zero attached hydrogens (tertiary/aromatic N) is 4. The van der Waals surface area contributed by atoms with Crippen molar-refractivity contribution in [3.05, 3.63) is 22.6 Å². The van der Waals surface area contributed by atoms with Crippen LogP contribution in [-0.2, 0) is 0 Å². The summed E-state index contributed by atoms with van der Waals surface area (Å²) in [5.41, 5.74) is 0.284. The summed E-state index contributed by atoms with van der Waals surface area (Å²) in [7, 11) is 0. The summed E-state index contributed by atoms with van der Waals surface area (Å²) in [6.07, 6.45) is 3.69. The number of hydrogen-bond donors (Lipinski definition) is 1. The number of anilines is 1. The smallest absolute Gasteiger partial charge is 0.355 e. The van der Waals surface area contributed by atoms with Crippen LogP contribution in [0.2, 0.25) is 0 Å². The van der Waals surface area contributed by atoms with E-state index in [4.69, 9.17) is 0 Å². The number of hydrogen-bond acceptors (Lipinski definition) is 4. The normalized spacial score (nSPS) is 19.4. The van der Waals surface area contributed by atoms with E-state index in [-0.39, 0.29) is 5.69 Å². The maximum absolute atomic E-state index is 11.6. The van der Waals surface area contributed by atoms with E-state index in [9.17, 15) is 4.79 Å². The van der Waals surface area contributed by atoms with Gasteiger partial charge in [-0.05, 0) is 30.4 Å². The fourth-order valence-electron chi connectivity index (χ4n) is 3.30. The van der Waals surface area contributed by atoms with Crippen LogP contribution in [0.25, 0.3) is 5.65 Å². The van der Waals surface area contributed by atoms with Crippen molar-refractivity contribution in [1.82, 2.24) is 19.8 Å². The molecule has 0 spiro atoms. The largest absolute Gasteiger partial charge is 0.364 e. The maximum atomic E-state index is 11.6. The maximum Gasteiger partial charge on any atom is 0.364 e. The van der Waals surface area contributed by atoms with Crippen LogP contribution < -0.4 is 10.6 Å². The van der Waals surface area contributed by atoms with Gasteiger partial charge in [0.25, 0.3) is 0 Å². The Hall–Kier alpha value is -1.85. The van der Waals surface area contributed by atoms with Crippen molar-refractivity contribution in [2.45, 2.75) is 33.1 Å². The number of nitrogens with one attached hydrogen (secondary N) is 1. The Morgan fingerprint density at radius 2 is 2.20 bits per heavy atom. The molecule has 3 heterocycles. The third-order valence-electron chi connectivity index (χ3n) is 4.52. The monoisotopic (exact) mass is 275 g/mol. The zero-order chi connectivity index (χ0) is 14.1. The van der Waals surface area contributed by atoms with Gasteiger partial charge >= 0.3 is 5.69 Å². The van der Waals surface area contributed by atoms with Crippen molar-refractivity contribution < 1.29 is 0 Å². The second kappa shape index (κ2) is 5.26. The zero-order valence-electron chi connectivity index (χ0n) is 12.0. The molecule has 20 heavy (non-hydrogen) atoms. The standard InChI is InChI=1S/C14H21N5O/c1-3-10(4-2)11-7-8-18(9-11)13-6-5-12-15-16-14(20)19(12)17-13/h5-6,10-11H,3-4,7-9H2,1-2H3,(H,16,20). The van der Waals surface area contributed by atoms with Gasteiger partial charge in [0.15, 0.2) is 5.65 Å². The lowest BCUT2D eigenvalue weighted by atomic mass is 9.87. The fourth-order valence-corrected chi connectivity index (χ4v) is 3.30. The fraction of sp³-hybridized carbons (Fsp3) is 0.643. The molecule has 1 atom stereocenters. The molecule has 6 heteroatoms. The molecule has 2 aromatic rings. The zero-order valence-corrected chi connectivity index (χ0v) is 12.0. The molecule has 0 aliphatic carbocycles. The Bertz CT molecular complexity index is 642. The highest BCUT2D eigenvalue weighted by molar-refractivity contribution is 5.45. The lowest BCUT2D eigenvalue weighted by Crippen LogP contribution is -2.25. The Labute approximate surface area is 117 Å². The van der Waals surface area contributed by atoms with Gasteiger partial charge in [0.1, 0.15) is 5.82 Å². The first-order valence-electron chi connectivity index (χ1n) is 7.42. The summed E-state index contributed by atoms with van der Waals surface area (Å²) in [5, 5.41) is 10.7. The Kier molecular flexibility index (Phi) is 3.46. The summed E-state index contributed by atoms with van der Waals surface area (Å²) in [5.74, 6) is 2.40. The van der Waals surface area contributed by atoms with Crippen LogP contribution in [0.15, 0.2) is 16.9 Å². The summed E-state index contributed by atoms with van der Waals surface area (Å²) in [6.45, 7) is 6.60. The minimum atomic E-state index is -0.280. The van der Waals surface area contributed by atoms with E-state index >= 15 is 0 Å². The number of aromatic amines is 1. The van der Waals surface area contributed by atoms with Crippen LogP contribution >= 0.6 is 0 Å². The van der Waals surface area contributed by atoms with Crippen LogP contribution in [0.3, 0.4) is 0 Å². The van der Waals surface area contributed by atoms with Crippen LogP contribution in [0.1, 0.15) is 33.1 Å². The summed E-state index contributed by atoms with van der Waals surface area (Å²) in [4.78, 5) is 13.9. The Balaban J connectivity index is 1.82. The second-order valence-corrected chi connectivity index (χ2v) is 5.56. The molecule has 0 radical (unpaired) electrons. The van der Waals surface area contributed by atoms with Crippen LogP contribution in [-0.4, -0.2) is 32.9 Å². The molecular weight excluding hydrogens is 254 g/mol.